The molecular formula is C40H71NO14. The van der Waals surface area contributed by atoms with Crippen molar-refractivity contribution in [2.24, 2.45) is 23.7 Å². The summed E-state index contributed by atoms with van der Waals surface area (Å²) in [5.74, 6) is -5.59. The van der Waals surface area contributed by atoms with Gasteiger partial charge in [0, 0.05) is 37.7 Å². The zero-order chi connectivity index (χ0) is 42.0. The molecule has 4 N–H and O–H groups in total. The molecule has 0 radical (unpaired) electrons. The van der Waals surface area contributed by atoms with E-state index in [2.05, 4.69) is 0 Å². The lowest BCUT2D eigenvalue weighted by Gasteiger charge is -2.49. The highest BCUT2D eigenvalue weighted by atomic mass is 16.7. The third-order valence-corrected chi connectivity index (χ3v) is 12.4. The molecule has 3 heterocycles. The fourth-order valence-electron chi connectivity index (χ4n) is 8.76. The van der Waals surface area contributed by atoms with Crippen molar-refractivity contribution in [2.75, 3.05) is 21.2 Å². The van der Waals surface area contributed by atoms with E-state index in [1.807, 2.05) is 25.9 Å². The van der Waals surface area contributed by atoms with Gasteiger partial charge in [0.1, 0.15) is 23.6 Å². The molecule has 0 amide bonds. The Balaban J connectivity index is 2.24. The van der Waals surface area contributed by atoms with Crippen molar-refractivity contribution in [1.29, 1.82) is 0 Å². The van der Waals surface area contributed by atoms with E-state index in [0.29, 0.717) is 6.42 Å². The molecule has 3 rings (SSSR count). The number of nitrogens with zero attached hydrogens (tertiary/aromatic N) is 1. The lowest BCUT2D eigenvalue weighted by molar-refractivity contribution is -0.319. The lowest BCUT2D eigenvalue weighted by Crippen LogP contribution is -2.61. The van der Waals surface area contributed by atoms with Crippen molar-refractivity contribution >= 4 is 17.7 Å². The van der Waals surface area contributed by atoms with E-state index in [0.717, 1.165) is 0 Å². The largest absolute Gasteiger partial charge is 0.459 e. The standard InChI is InChI=1S/C40H71NO14/c1-15-27-40(11,48)33(44)22(5)30(43)20(3)18-38(9,47)35(55-37-32(53-28(42)16-2)26(41(12)13)17-21(4)50-37)23(6)31(24(7)36(46)52-27)54-29-19-39(10,49-14)34(45)25(8)51-29/h20-27,29,31-35,37,44-45,47-48H,15-19H2,1-14H3/t20-,21+,22+,23+,24+,25-,26-,27-,29-,31+,32+,33-,34-,35-,37-,38-,39+,40-/m0/s1. The second-order valence-corrected chi connectivity index (χ2v) is 17.3. The maximum Gasteiger partial charge on any atom is 0.311 e. The van der Waals surface area contributed by atoms with Gasteiger partial charge in [-0.05, 0) is 74.9 Å². The van der Waals surface area contributed by atoms with Crippen molar-refractivity contribution in [3.05, 3.63) is 0 Å². The first-order valence-corrected chi connectivity index (χ1v) is 19.9. The molecule has 0 saturated carbocycles. The number of hydrogen-bond acceptors (Lipinski definition) is 15. The number of aliphatic hydroxyl groups is 4. The Hall–Kier alpha value is -1.79. The van der Waals surface area contributed by atoms with Gasteiger partial charge in [-0.1, -0.05) is 34.6 Å². The summed E-state index contributed by atoms with van der Waals surface area (Å²) in [5, 5.41) is 46.6. The molecule has 0 aliphatic carbocycles. The fraction of sp³-hybridized carbons (Fsp3) is 0.925. The first-order chi connectivity index (χ1) is 25.4. The molecule has 320 valence electrons. The summed E-state index contributed by atoms with van der Waals surface area (Å²) in [4.78, 5) is 42.9. The number of methoxy groups -OCH3 is 1. The number of esters is 2. The molecule has 0 spiro atoms. The predicted octanol–water partition coefficient (Wildman–Crippen LogP) is 2.75. The molecule has 18 atom stereocenters. The van der Waals surface area contributed by atoms with E-state index in [4.69, 9.17) is 33.2 Å². The number of Topliss-reactive ketones (excluding diaryl/α,β-unsaturated/α-hetero) is 1. The fourth-order valence-corrected chi connectivity index (χ4v) is 8.76. The second-order valence-electron chi connectivity index (χ2n) is 17.3. The lowest BCUT2D eigenvalue weighted by atomic mass is 9.74. The number of ketones is 1. The van der Waals surface area contributed by atoms with E-state index < -0.39 is 114 Å². The van der Waals surface area contributed by atoms with Crippen molar-refractivity contribution in [2.45, 2.75) is 193 Å². The number of rotatable bonds is 9. The molecule has 3 fully saturated rings. The number of likely N-dealkylation sites (N-methyl/N-ethyl adjacent to an activating group) is 1. The van der Waals surface area contributed by atoms with Gasteiger partial charge in [-0.25, -0.2) is 0 Å². The van der Waals surface area contributed by atoms with Crippen LogP contribution < -0.4 is 0 Å². The summed E-state index contributed by atoms with van der Waals surface area (Å²) in [5.41, 5.74) is -4.92. The van der Waals surface area contributed by atoms with Crippen LogP contribution >= 0.6 is 0 Å². The SMILES string of the molecule is CCC(=O)O[C@H]1[C@H](O[C@H]2[C@H](C)[C@@H](O[C@H]3C[C@@](C)(OC)[C@@H](O)[C@H](C)O3)[C@@H](C)C(=O)O[C@@H](CC)[C@](C)(O)[C@@H](O)[C@H](C)C(=O)[C@@H](C)C[C@]2(C)O)O[C@H](C)C[C@@H]1N(C)C. The highest BCUT2D eigenvalue weighted by Gasteiger charge is 2.54. The van der Waals surface area contributed by atoms with Gasteiger partial charge >= 0.3 is 11.9 Å². The topological polar surface area (TPSA) is 200 Å². The highest BCUT2D eigenvalue weighted by Crippen LogP contribution is 2.41. The Morgan fingerprint density at radius 1 is 0.891 bits per heavy atom. The molecular weight excluding hydrogens is 718 g/mol. The zero-order valence-corrected chi connectivity index (χ0v) is 35.5. The van der Waals surface area contributed by atoms with E-state index in [1.54, 1.807) is 48.5 Å². The smallest absolute Gasteiger partial charge is 0.311 e. The van der Waals surface area contributed by atoms with Crippen molar-refractivity contribution in [3.8, 4) is 0 Å². The first kappa shape index (κ1) is 47.6. The van der Waals surface area contributed by atoms with Crippen LogP contribution in [0.3, 0.4) is 0 Å². The summed E-state index contributed by atoms with van der Waals surface area (Å²) in [6.45, 7) is 18.0. The van der Waals surface area contributed by atoms with Gasteiger partial charge in [0.25, 0.3) is 0 Å². The van der Waals surface area contributed by atoms with Gasteiger partial charge in [0.15, 0.2) is 18.7 Å². The minimum absolute atomic E-state index is 0.0760. The van der Waals surface area contributed by atoms with Crippen LogP contribution in [0.15, 0.2) is 0 Å². The summed E-state index contributed by atoms with van der Waals surface area (Å²) in [7, 11) is 5.21. The Morgan fingerprint density at radius 3 is 2.05 bits per heavy atom. The number of hydrogen-bond donors (Lipinski definition) is 4. The van der Waals surface area contributed by atoms with E-state index in [-0.39, 0.29) is 37.8 Å². The van der Waals surface area contributed by atoms with Gasteiger partial charge in [0.2, 0.25) is 0 Å². The van der Waals surface area contributed by atoms with E-state index in [9.17, 15) is 34.8 Å². The third kappa shape index (κ3) is 10.6. The van der Waals surface area contributed by atoms with Crippen LogP contribution in [0.2, 0.25) is 0 Å². The number of carbonyl (C=O) groups excluding carboxylic acids is 3. The van der Waals surface area contributed by atoms with Crippen LogP contribution in [-0.4, -0.2) is 149 Å². The molecule has 3 saturated heterocycles. The molecule has 55 heavy (non-hydrogen) atoms. The van der Waals surface area contributed by atoms with Crippen molar-refractivity contribution in [3.63, 3.8) is 0 Å². The van der Waals surface area contributed by atoms with Gasteiger partial charge in [-0.3, -0.25) is 14.4 Å². The summed E-state index contributed by atoms with van der Waals surface area (Å²) in [6, 6.07) is -0.319. The summed E-state index contributed by atoms with van der Waals surface area (Å²) in [6.07, 6.45) is -9.68. The number of aliphatic hydroxyl groups excluding tert-OH is 2. The minimum atomic E-state index is -2.01. The van der Waals surface area contributed by atoms with Gasteiger partial charge < -0.3 is 58.5 Å². The van der Waals surface area contributed by atoms with Crippen LogP contribution in [0, 0.1) is 23.7 Å². The van der Waals surface area contributed by atoms with Crippen LogP contribution in [0.5, 0.6) is 0 Å². The van der Waals surface area contributed by atoms with Crippen molar-refractivity contribution in [1.82, 2.24) is 4.90 Å². The van der Waals surface area contributed by atoms with Crippen molar-refractivity contribution < 1.29 is 68.0 Å². The Morgan fingerprint density at radius 2 is 1.51 bits per heavy atom. The molecule has 15 heteroatoms. The molecule has 3 aliphatic rings. The average Bonchev–Trinajstić information content (AvgIpc) is 3.11. The average molecular weight is 790 g/mol. The minimum Gasteiger partial charge on any atom is -0.459 e. The van der Waals surface area contributed by atoms with E-state index in [1.165, 1.54) is 27.9 Å². The Labute approximate surface area is 327 Å². The highest BCUT2D eigenvalue weighted by molar-refractivity contribution is 5.83. The number of cyclic esters (lactones) is 1. The normalized spacial score (nSPS) is 46.9. The quantitative estimate of drug-likeness (QED) is 0.249. The van der Waals surface area contributed by atoms with Crippen LogP contribution in [0.25, 0.3) is 0 Å². The molecule has 0 aromatic carbocycles. The molecule has 0 unspecified atom stereocenters. The number of ether oxygens (including phenoxy) is 7. The number of carbonyl (C=O) groups is 3. The molecule has 0 aromatic rings. The van der Waals surface area contributed by atoms with E-state index >= 15 is 0 Å². The summed E-state index contributed by atoms with van der Waals surface area (Å²) >= 11 is 0. The molecule has 0 bridgehead atoms. The second kappa shape index (κ2) is 18.9. The monoisotopic (exact) mass is 789 g/mol. The molecule has 3 aliphatic heterocycles. The van der Waals surface area contributed by atoms with Gasteiger partial charge in [-0.15, -0.1) is 0 Å². The maximum atomic E-state index is 14.2. The van der Waals surface area contributed by atoms with Gasteiger partial charge in [0.05, 0.1) is 53.7 Å². The maximum absolute atomic E-state index is 14.2. The summed E-state index contributed by atoms with van der Waals surface area (Å²) < 4.78 is 43.6. The molecule has 15 nitrogen and oxygen atoms in total. The molecule has 0 aromatic heterocycles. The zero-order valence-electron chi connectivity index (χ0n) is 35.5. The van der Waals surface area contributed by atoms with Gasteiger partial charge in [-0.2, -0.15) is 0 Å². The van der Waals surface area contributed by atoms with Crippen LogP contribution in [0.4, 0.5) is 0 Å². The Bertz CT molecular complexity index is 1290. The van der Waals surface area contributed by atoms with Crippen LogP contribution in [0.1, 0.15) is 108 Å². The Kier molecular flexibility index (Phi) is 16.3. The third-order valence-electron chi connectivity index (χ3n) is 12.4. The first-order valence-electron chi connectivity index (χ1n) is 19.9. The van der Waals surface area contributed by atoms with Crippen LogP contribution in [-0.2, 0) is 47.5 Å². The predicted molar refractivity (Wildman–Crippen MR) is 200 cm³/mol.